The molecule has 0 aromatic heterocycles. The van der Waals surface area contributed by atoms with Crippen molar-refractivity contribution in [1.29, 1.82) is 0 Å². The summed E-state index contributed by atoms with van der Waals surface area (Å²) in [6.45, 7) is 4.77. The third-order valence-corrected chi connectivity index (χ3v) is 5.72. The first kappa shape index (κ1) is 12.8. The van der Waals surface area contributed by atoms with E-state index >= 15 is 0 Å². The molecule has 0 spiro atoms. The van der Waals surface area contributed by atoms with Crippen LogP contribution in [0.1, 0.15) is 52.4 Å². The van der Waals surface area contributed by atoms with Gasteiger partial charge in [0.1, 0.15) is 0 Å². The second-order valence-electron chi connectivity index (χ2n) is 7.48. The molecule has 2 unspecified atom stereocenters. The Hall–Kier alpha value is -0.240. The summed E-state index contributed by atoms with van der Waals surface area (Å²) >= 11 is 6.79. The van der Waals surface area contributed by atoms with Crippen LogP contribution < -0.4 is 5.32 Å². The molecule has 0 aromatic carbocycles. The molecule has 4 saturated carbocycles. The van der Waals surface area contributed by atoms with Crippen LogP contribution in [0.3, 0.4) is 0 Å². The van der Waals surface area contributed by atoms with Crippen LogP contribution in [-0.4, -0.2) is 17.3 Å². The summed E-state index contributed by atoms with van der Waals surface area (Å²) in [5.74, 6) is 1.91. The van der Waals surface area contributed by atoms with Crippen molar-refractivity contribution < 1.29 is 4.79 Å². The van der Waals surface area contributed by atoms with Crippen LogP contribution >= 0.6 is 11.6 Å². The Labute approximate surface area is 115 Å². The maximum Gasteiger partial charge on any atom is 0.222 e. The van der Waals surface area contributed by atoms with Gasteiger partial charge in [-0.3, -0.25) is 4.79 Å². The molecule has 4 fully saturated rings. The Bertz CT molecular complexity index is 352. The number of halogens is 1. The Balaban J connectivity index is 1.70. The monoisotopic (exact) mass is 269 g/mol. The smallest absolute Gasteiger partial charge is 0.222 e. The molecule has 1 amide bonds. The maximum atomic E-state index is 11.8. The van der Waals surface area contributed by atoms with Gasteiger partial charge >= 0.3 is 0 Å². The van der Waals surface area contributed by atoms with Crippen molar-refractivity contribution in [3.8, 4) is 0 Å². The van der Waals surface area contributed by atoms with E-state index in [9.17, 15) is 4.79 Å². The van der Waals surface area contributed by atoms with Crippen LogP contribution in [-0.2, 0) is 4.79 Å². The summed E-state index contributed by atoms with van der Waals surface area (Å²) in [6.07, 6.45) is 7.50. The first-order chi connectivity index (χ1) is 8.40. The van der Waals surface area contributed by atoms with Gasteiger partial charge in [0.05, 0.1) is 0 Å². The van der Waals surface area contributed by atoms with Gasteiger partial charge in [-0.25, -0.2) is 0 Å². The molecule has 102 valence electrons. The van der Waals surface area contributed by atoms with E-state index in [1.807, 2.05) is 13.8 Å². The first-order valence-corrected chi connectivity index (χ1v) is 7.74. The summed E-state index contributed by atoms with van der Waals surface area (Å²) < 4.78 is 0. The second-order valence-corrected chi connectivity index (χ2v) is 8.29. The average molecular weight is 270 g/mol. The number of carbonyl (C=O) groups is 1. The van der Waals surface area contributed by atoms with E-state index in [2.05, 4.69) is 5.32 Å². The van der Waals surface area contributed by atoms with E-state index in [0.29, 0.717) is 5.41 Å². The van der Waals surface area contributed by atoms with E-state index in [1.165, 1.54) is 32.1 Å². The maximum absolute atomic E-state index is 11.8. The average Bonchev–Trinajstić information content (AvgIpc) is 2.22. The van der Waals surface area contributed by atoms with Crippen molar-refractivity contribution in [2.24, 2.45) is 23.2 Å². The Morgan fingerprint density at radius 2 is 1.89 bits per heavy atom. The first-order valence-electron chi connectivity index (χ1n) is 7.36. The fraction of sp³-hybridized carbons (Fsp3) is 0.933. The highest BCUT2D eigenvalue weighted by molar-refractivity contribution is 6.24. The lowest BCUT2D eigenvalue weighted by molar-refractivity contribution is -0.125. The summed E-state index contributed by atoms with van der Waals surface area (Å²) in [4.78, 5) is 11.8. The molecule has 2 nitrogen and oxygen atoms in total. The van der Waals surface area contributed by atoms with Gasteiger partial charge in [0, 0.05) is 17.3 Å². The molecule has 0 saturated heterocycles. The van der Waals surface area contributed by atoms with Crippen molar-refractivity contribution in [2.75, 3.05) is 6.54 Å². The minimum Gasteiger partial charge on any atom is -0.355 e. The molecule has 4 rings (SSSR count). The fourth-order valence-electron chi connectivity index (χ4n) is 5.02. The standard InChI is InChI=1S/C15H24ClNO/c1-10(2)13(18)17-9-14-4-11-3-12(5-14)7-15(16,6-11)8-14/h10-12H,3-9H2,1-2H3,(H,17,18). The van der Waals surface area contributed by atoms with E-state index in [-0.39, 0.29) is 16.7 Å². The quantitative estimate of drug-likeness (QED) is 0.783. The van der Waals surface area contributed by atoms with Gasteiger partial charge in [0.2, 0.25) is 5.91 Å². The van der Waals surface area contributed by atoms with Crippen LogP contribution in [0.4, 0.5) is 0 Å². The Morgan fingerprint density at radius 3 is 2.39 bits per heavy atom. The topological polar surface area (TPSA) is 29.1 Å². The molecule has 1 N–H and O–H groups in total. The van der Waals surface area contributed by atoms with E-state index in [1.54, 1.807) is 0 Å². The second kappa shape index (κ2) is 4.13. The molecule has 0 heterocycles. The molecule has 18 heavy (non-hydrogen) atoms. The Kier molecular flexibility index (Phi) is 2.93. The third-order valence-electron chi connectivity index (χ3n) is 5.27. The number of amides is 1. The van der Waals surface area contributed by atoms with Crippen molar-refractivity contribution in [3.05, 3.63) is 0 Å². The molecule has 0 aliphatic heterocycles. The lowest BCUT2D eigenvalue weighted by Crippen LogP contribution is -2.56. The number of carbonyl (C=O) groups excluding carboxylic acids is 1. The minimum absolute atomic E-state index is 0.0621. The summed E-state index contributed by atoms with van der Waals surface area (Å²) in [5.41, 5.74) is 0.316. The highest BCUT2D eigenvalue weighted by Crippen LogP contribution is 2.63. The summed E-state index contributed by atoms with van der Waals surface area (Å²) in [5, 5.41) is 3.16. The van der Waals surface area contributed by atoms with Gasteiger partial charge in [-0.2, -0.15) is 0 Å². The van der Waals surface area contributed by atoms with Gasteiger partial charge in [0.15, 0.2) is 0 Å². The normalized spacial score (nSPS) is 45.6. The lowest BCUT2D eigenvalue weighted by Gasteiger charge is -2.60. The molecular weight excluding hydrogens is 246 g/mol. The number of rotatable bonds is 3. The minimum atomic E-state index is 0.0621. The molecule has 2 atom stereocenters. The van der Waals surface area contributed by atoms with Gasteiger partial charge in [-0.05, 0) is 55.8 Å². The SMILES string of the molecule is CC(C)C(=O)NCC12CC3CC(CC(Cl)(C3)C1)C2. The fourth-order valence-corrected chi connectivity index (χ4v) is 5.74. The van der Waals surface area contributed by atoms with Gasteiger partial charge < -0.3 is 5.32 Å². The van der Waals surface area contributed by atoms with Gasteiger partial charge in [-0.1, -0.05) is 13.8 Å². The highest BCUT2D eigenvalue weighted by atomic mass is 35.5. The van der Waals surface area contributed by atoms with Gasteiger partial charge in [0.25, 0.3) is 0 Å². The molecule has 0 radical (unpaired) electrons. The predicted molar refractivity (Wildman–Crippen MR) is 73.5 cm³/mol. The zero-order valence-electron chi connectivity index (χ0n) is 11.5. The van der Waals surface area contributed by atoms with Crippen LogP contribution in [0.5, 0.6) is 0 Å². The van der Waals surface area contributed by atoms with E-state index < -0.39 is 0 Å². The molecule has 4 aliphatic carbocycles. The van der Waals surface area contributed by atoms with Crippen molar-refractivity contribution in [1.82, 2.24) is 5.32 Å². The predicted octanol–water partition coefficient (Wildman–Crippen LogP) is 3.34. The van der Waals surface area contributed by atoms with Crippen LogP contribution in [0.2, 0.25) is 0 Å². The molecule has 3 heteroatoms. The van der Waals surface area contributed by atoms with E-state index in [0.717, 1.165) is 24.8 Å². The van der Waals surface area contributed by atoms with E-state index in [4.69, 9.17) is 11.6 Å². The molecular formula is C15H24ClNO. The number of hydrogen-bond acceptors (Lipinski definition) is 1. The number of nitrogens with one attached hydrogen (secondary N) is 1. The zero-order chi connectivity index (χ0) is 13.0. The number of alkyl halides is 1. The summed E-state index contributed by atoms with van der Waals surface area (Å²) in [7, 11) is 0. The number of hydrogen-bond donors (Lipinski definition) is 1. The van der Waals surface area contributed by atoms with Crippen molar-refractivity contribution in [3.63, 3.8) is 0 Å². The van der Waals surface area contributed by atoms with Crippen molar-refractivity contribution >= 4 is 17.5 Å². The van der Waals surface area contributed by atoms with Gasteiger partial charge in [-0.15, -0.1) is 11.6 Å². The van der Waals surface area contributed by atoms with Crippen LogP contribution in [0.25, 0.3) is 0 Å². The van der Waals surface area contributed by atoms with Crippen molar-refractivity contribution in [2.45, 2.75) is 57.2 Å². The largest absolute Gasteiger partial charge is 0.355 e. The molecule has 0 aromatic rings. The van der Waals surface area contributed by atoms with Crippen LogP contribution in [0, 0.1) is 23.2 Å². The molecule has 4 bridgehead atoms. The Morgan fingerprint density at radius 1 is 1.28 bits per heavy atom. The zero-order valence-corrected chi connectivity index (χ0v) is 12.2. The highest BCUT2D eigenvalue weighted by Gasteiger charge is 2.56. The summed E-state index contributed by atoms with van der Waals surface area (Å²) in [6, 6.07) is 0. The molecule has 4 aliphatic rings. The lowest BCUT2D eigenvalue weighted by atomic mass is 9.49. The third kappa shape index (κ3) is 2.17. The van der Waals surface area contributed by atoms with Crippen LogP contribution in [0.15, 0.2) is 0 Å².